The van der Waals surface area contributed by atoms with E-state index in [0.29, 0.717) is 0 Å². The summed E-state index contributed by atoms with van der Waals surface area (Å²) in [5.41, 5.74) is 0. The molecular weight excluding hydrogens is 215 g/mol. The molecule has 7 heteroatoms. The van der Waals surface area contributed by atoms with E-state index in [-0.39, 0.29) is 59.1 Å². The van der Waals surface area contributed by atoms with Crippen molar-refractivity contribution < 1.29 is 68.9 Å². The van der Waals surface area contributed by atoms with Gasteiger partial charge in [-0.1, -0.05) is 0 Å². The third-order valence-electron chi connectivity index (χ3n) is 1.82. The molecule has 1 aliphatic rings. The number of hydrogen-bond donors (Lipinski definition) is 1. The third kappa shape index (κ3) is 4.03. The maximum absolute atomic E-state index is 11.1. The van der Waals surface area contributed by atoms with Gasteiger partial charge in [0.2, 0.25) is 0 Å². The normalized spacial score (nSPS) is 30.3. The summed E-state index contributed by atoms with van der Waals surface area (Å²) >= 11 is 1.48. The molecule has 1 aliphatic heterocycles. The minimum atomic E-state index is -3.50. The molecular formula is C5H12NNa2O2PS. The molecule has 1 fully saturated rings. The predicted molar refractivity (Wildman–Crippen MR) is 43.1 cm³/mol. The first-order valence-electron chi connectivity index (χ1n) is 3.25. The van der Waals surface area contributed by atoms with Crippen LogP contribution in [-0.4, -0.2) is 23.6 Å². The Hall–Kier alpha value is 2.66. The Kier molecular flexibility index (Phi) is 8.94. The van der Waals surface area contributed by atoms with Crippen molar-refractivity contribution in [1.29, 1.82) is 0 Å². The Morgan fingerprint density at radius 2 is 1.92 bits per heavy atom. The Morgan fingerprint density at radius 3 is 2.08 bits per heavy atom. The van der Waals surface area contributed by atoms with Crippen molar-refractivity contribution in [2.24, 2.45) is 0 Å². The molecule has 0 saturated carbocycles. The van der Waals surface area contributed by atoms with E-state index in [9.17, 15) is 9.79 Å². The monoisotopic (exact) mass is 227 g/mol. The topological polar surface area (TPSA) is 58.1 Å². The van der Waals surface area contributed by atoms with Crippen LogP contribution in [0.3, 0.4) is 0 Å². The average Bonchev–Trinajstić information content (AvgIpc) is 2.13. The molecule has 0 aromatic heterocycles. The van der Waals surface area contributed by atoms with E-state index in [4.69, 9.17) is 0 Å². The van der Waals surface area contributed by atoms with Gasteiger partial charge in [0, 0.05) is 0 Å². The van der Waals surface area contributed by atoms with Crippen molar-refractivity contribution in [2.45, 2.75) is 11.5 Å². The second-order valence-corrected chi connectivity index (χ2v) is 7.52. The quantitative estimate of drug-likeness (QED) is 0.357. The summed E-state index contributed by atoms with van der Waals surface area (Å²) in [6.45, 7) is 3.85. The summed E-state index contributed by atoms with van der Waals surface area (Å²) in [7, 11) is -3.50. The molecule has 1 atom stereocenters. The molecule has 12 heavy (non-hydrogen) atoms. The molecule has 0 spiro atoms. The van der Waals surface area contributed by atoms with Gasteiger partial charge in [-0.3, -0.25) is 0 Å². The Bertz CT molecular complexity index is 138. The number of rotatable bonds is 1. The van der Waals surface area contributed by atoms with E-state index < -0.39 is 12.3 Å². The van der Waals surface area contributed by atoms with Gasteiger partial charge in [-0.05, 0) is 0 Å². The third-order valence-corrected chi connectivity index (χ3v) is 6.41. The molecule has 62 valence electrons. The zero-order chi connectivity index (χ0) is 7.83. The van der Waals surface area contributed by atoms with E-state index in [1.807, 2.05) is 0 Å². The molecule has 3 nitrogen and oxygen atoms in total. The zero-order valence-electron chi connectivity index (χ0n) is 8.14. The zero-order valence-corrected chi connectivity index (χ0v) is 14.0. The summed E-state index contributed by atoms with van der Waals surface area (Å²) in [5, 5.41) is 2.97. The summed E-state index contributed by atoms with van der Waals surface area (Å²) in [5.74, 6) is 0.892. The first-order valence-corrected chi connectivity index (χ1v) is 6.56. The van der Waals surface area contributed by atoms with Crippen LogP contribution in [0.4, 0.5) is 0 Å². The minimum Gasteiger partial charge on any atom is 1.00 e. The van der Waals surface area contributed by atoms with Gasteiger partial charge in [0.25, 0.3) is 0 Å². The van der Waals surface area contributed by atoms with Gasteiger partial charge in [0.1, 0.15) is 0 Å². The van der Waals surface area contributed by atoms with Crippen LogP contribution in [0.15, 0.2) is 0 Å². The molecule has 0 aromatic rings. The van der Waals surface area contributed by atoms with Gasteiger partial charge in [0.05, 0.1) is 0 Å². The van der Waals surface area contributed by atoms with Crippen molar-refractivity contribution in [3.8, 4) is 0 Å². The summed E-state index contributed by atoms with van der Waals surface area (Å²) in [6.07, 6.45) is 0. The largest absolute Gasteiger partial charge is 1.00 e. The molecule has 0 bridgehead atoms. The molecule has 1 heterocycles. The molecule has 0 aliphatic carbocycles. The Labute approximate surface area is 123 Å². The van der Waals surface area contributed by atoms with Crippen molar-refractivity contribution in [2.75, 3.05) is 19.0 Å². The Morgan fingerprint density at radius 1 is 1.42 bits per heavy atom. The van der Waals surface area contributed by atoms with E-state index in [1.165, 1.54) is 18.4 Å². The van der Waals surface area contributed by atoms with Crippen LogP contribution in [-0.2, 0) is 0 Å². The van der Waals surface area contributed by atoms with Crippen molar-refractivity contribution in [3.63, 3.8) is 0 Å². The number of nitrogens with one attached hydrogen (secondary N) is 1. The number of thioether (sulfide) groups is 1. The molecule has 1 unspecified atom stereocenters. The van der Waals surface area contributed by atoms with Crippen LogP contribution >= 0.6 is 19.5 Å². The first-order chi connectivity index (χ1) is 4.46. The van der Waals surface area contributed by atoms with Crippen molar-refractivity contribution >= 4 is 19.5 Å². The average molecular weight is 227 g/mol. The van der Waals surface area contributed by atoms with Crippen LogP contribution in [0.1, 0.15) is 6.92 Å². The fourth-order valence-corrected chi connectivity index (χ4v) is 3.50. The summed E-state index contributed by atoms with van der Waals surface area (Å²) in [4.78, 5) is 22.3. The maximum Gasteiger partial charge on any atom is 1.00 e. The van der Waals surface area contributed by atoms with Crippen LogP contribution in [0.5, 0.6) is 0 Å². The Balaban J connectivity index is 0. The van der Waals surface area contributed by atoms with E-state index >= 15 is 0 Å². The van der Waals surface area contributed by atoms with Gasteiger partial charge in [0.15, 0.2) is 0 Å². The van der Waals surface area contributed by atoms with Gasteiger partial charge >= 0.3 is 124 Å². The van der Waals surface area contributed by atoms with Crippen molar-refractivity contribution in [1.82, 2.24) is 5.32 Å². The van der Waals surface area contributed by atoms with Crippen LogP contribution in [0.2, 0.25) is 0 Å². The van der Waals surface area contributed by atoms with Crippen LogP contribution in [0.25, 0.3) is 0 Å². The molecule has 0 radical (unpaired) electrons. The number of hydrogen-bond acceptors (Lipinski definition) is 4. The van der Waals surface area contributed by atoms with Crippen molar-refractivity contribution in [3.05, 3.63) is 0 Å². The molecule has 1 saturated heterocycles. The van der Waals surface area contributed by atoms with Gasteiger partial charge in [-0.15, -0.1) is 0 Å². The van der Waals surface area contributed by atoms with Crippen LogP contribution < -0.4 is 74.2 Å². The minimum absolute atomic E-state index is 0. The first kappa shape index (κ1) is 17.1. The summed E-state index contributed by atoms with van der Waals surface area (Å²) in [6, 6.07) is 0. The van der Waals surface area contributed by atoms with Gasteiger partial charge in [-0.2, -0.15) is 0 Å². The molecule has 1 N–H and O–H groups in total. The standard InChI is InChI=1S/C5H12NO2PS.2Na/c1-5(9(2,7)8)6-3-4-10-5;;/h6,9H,3-4H2,1-2H3;;/q-2;2*+1. The van der Waals surface area contributed by atoms with Gasteiger partial charge in [-0.25, -0.2) is 0 Å². The molecule has 1 rings (SSSR count). The molecule has 0 amide bonds. The molecule has 0 aromatic carbocycles. The SMILES string of the molecule is CC1([PH](C)([O-])[O-])NCCS1.[Na+].[Na+]. The second kappa shape index (κ2) is 6.29. The van der Waals surface area contributed by atoms with E-state index in [0.717, 1.165) is 12.3 Å². The fourth-order valence-electron chi connectivity index (χ4n) is 0.887. The maximum atomic E-state index is 11.1. The second-order valence-electron chi connectivity index (χ2n) is 2.75. The summed E-state index contributed by atoms with van der Waals surface area (Å²) < 4.78 is -0.674. The van der Waals surface area contributed by atoms with Gasteiger partial charge < -0.3 is 0 Å². The van der Waals surface area contributed by atoms with E-state index in [1.54, 1.807) is 6.92 Å². The predicted octanol–water partition coefficient (Wildman–Crippen LogP) is -7.07. The smallest absolute Gasteiger partial charge is 1.00 e. The van der Waals surface area contributed by atoms with Crippen LogP contribution in [0, 0.1) is 0 Å². The van der Waals surface area contributed by atoms with E-state index in [2.05, 4.69) is 5.32 Å². The fraction of sp³-hybridized carbons (Fsp3) is 1.00.